The van der Waals surface area contributed by atoms with E-state index in [2.05, 4.69) is 0 Å². The maximum atomic E-state index is 11.5. The van der Waals surface area contributed by atoms with Crippen LogP contribution in [0.25, 0.3) is 0 Å². The molecule has 21 heavy (non-hydrogen) atoms. The third-order valence-electron chi connectivity index (χ3n) is 4.51. The van der Waals surface area contributed by atoms with Crippen molar-refractivity contribution < 1.29 is 23.3 Å². The molecular weight excluding hydrogens is 308 g/mol. The second kappa shape index (κ2) is 6.37. The summed E-state index contributed by atoms with van der Waals surface area (Å²) in [5.74, 6) is -0.729. The molecule has 2 rings (SSSR count). The van der Waals surface area contributed by atoms with Crippen LogP contribution in [0, 0.1) is 0 Å². The zero-order valence-corrected chi connectivity index (χ0v) is 15.0. The quantitative estimate of drug-likeness (QED) is 0.547. The maximum Gasteiger partial charge on any atom is 0.263 e. The normalized spacial score (nSPS) is 37.9. The van der Waals surface area contributed by atoms with Gasteiger partial charge in [-0.15, -0.1) is 0 Å². The van der Waals surface area contributed by atoms with Crippen molar-refractivity contribution in [3.05, 3.63) is 0 Å². The predicted molar refractivity (Wildman–Crippen MR) is 84.9 cm³/mol. The molecule has 5 nitrogen and oxygen atoms in total. The summed E-state index contributed by atoms with van der Waals surface area (Å²) >= 11 is 0. The minimum atomic E-state index is -0.685. The average molecular weight is 330 g/mol. The first kappa shape index (κ1) is 17.6. The van der Waals surface area contributed by atoms with Crippen LogP contribution in [0.1, 0.15) is 27.2 Å². The van der Waals surface area contributed by atoms with Gasteiger partial charge in [0.05, 0.1) is 22.3 Å². The molecule has 0 aromatic carbocycles. The molecule has 2 aliphatic rings. The number of fused-ring (bicyclic) bond motifs is 1. The van der Waals surface area contributed by atoms with E-state index >= 15 is 0 Å². The largest absolute Gasteiger partial charge is 0.344 e. The Morgan fingerprint density at radius 2 is 1.76 bits per heavy atom. The van der Waals surface area contributed by atoms with Gasteiger partial charge >= 0.3 is 0 Å². The van der Waals surface area contributed by atoms with Crippen molar-refractivity contribution in [2.24, 2.45) is 0 Å². The Bertz CT molecular complexity index is 424. The number of rotatable bonds is 6. The van der Waals surface area contributed by atoms with Crippen molar-refractivity contribution in [2.75, 3.05) is 0 Å². The molecule has 0 saturated carbocycles. The number of ether oxygens (including phenoxy) is 3. The Morgan fingerprint density at radius 3 is 2.29 bits per heavy atom. The molecule has 0 bridgehead atoms. The summed E-state index contributed by atoms with van der Waals surface area (Å²) in [4.78, 5) is 0. The Balaban J connectivity index is 2.32. The molecule has 0 radical (unpaired) electrons. The minimum Gasteiger partial charge on any atom is -0.344 e. The third kappa shape index (κ3) is 3.28. The molecule has 0 spiro atoms. The van der Waals surface area contributed by atoms with E-state index in [1.807, 2.05) is 34.4 Å². The summed E-state index contributed by atoms with van der Waals surface area (Å²) in [6.45, 7) is 9.62. The smallest absolute Gasteiger partial charge is 0.263 e. The van der Waals surface area contributed by atoms with Gasteiger partial charge in [0.2, 0.25) is 0 Å². The van der Waals surface area contributed by atoms with Crippen molar-refractivity contribution in [1.82, 2.24) is 0 Å². The molecule has 0 aromatic rings. The molecule has 2 aliphatic heterocycles. The predicted octanol–water partition coefficient (Wildman–Crippen LogP) is 3.84. The highest BCUT2D eigenvalue weighted by Crippen LogP contribution is 2.55. The maximum absolute atomic E-state index is 11.5. The zero-order valence-electron chi connectivity index (χ0n) is 13.2. The van der Waals surface area contributed by atoms with E-state index < -0.39 is 17.7 Å². The highest BCUT2D eigenvalue weighted by Gasteiger charge is 2.63. The van der Waals surface area contributed by atoms with Crippen LogP contribution in [0.5, 0.6) is 0 Å². The van der Waals surface area contributed by atoms with Gasteiger partial charge in [0, 0.05) is 5.82 Å². The Hall–Kier alpha value is 0.210. The molecule has 0 N–H and O–H groups in total. The van der Waals surface area contributed by atoms with E-state index in [0.717, 1.165) is 6.42 Å². The first-order valence-electron chi connectivity index (χ1n) is 7.47. The zero-order chi connectivity index (χ0) is 15.8. The summed E-state index contributed by atoms with van der Waals surface area (Å²) in [6, 6.07) is 0. The fourth-order valence-electron chi connectivity index (χ4n) is 3.67. The summed E-state index contributed by atoms with van der Waals surface area (Å²) in [5, 5.41) is 0. The van der Waals surface area contributed by atoms with Crippen LogP contribution in [0.3, 0.4) is 0 Å². The monoisotopic (exact) mass is 330 g/mol. The molecule has 0 unspecified atom stereocenters. The summed E-state index contributed by atoms with van der Waals surface area (Å²) < 4.78 is 40.7. The van der Waals surface area contributed by atoms with Gasteiger partial charge < -0.3 is 14.2 Å². The molecule has 9 heteroatoms. The van der Waals surface area contributed by atoms with E-state index in [4.69, 9.17) is 14.2 Å². The molecule has 2 heterocycles. The highest BCUT2D eigenvalue weighted by molar-refractivity contribution is 7.67. The number of hydrogen-bond donors (Lipinski definition) is 0. The van der Waals surface area contributed by atoms with Crippen LogP contribution < -0.4 is 0 Å². The molecule has 0 amide bonds. The molecule has 4 atom stereocenters. The first-order chi connectivity index (χ1) is 9.78. The summed E-state index contributed by atoms with van der Waals surface area (Å²) in [5.41, 5.74) is -0.501. The van der Waals surface area contributed by atoms with Crippen molar-refractivity contribution in [3.63, 3.8) is 0 Å². The van der Waals surface area contributed by atoms with E-state index in [0.29, 0.717) is 6.32 Å². The minimum absolute atomic E-state index is 0.0187. The van der Waals surface area contributed by atoms with Crippen molar-refractivity contribution in [1.29, 1.82) is 0 Å². The molecule has 2 fully saturated rings. The Kier molecular flexibility index (Phi) is 5.33. The van der Waals surface area contributed by atoms with Gasteiger partial charge in [0.15, 0.2) is 12.1 Å². The topological polar surface area (TPSA) is 61.8 Å². The van der Waals surface area contributed by atoms with Gasteiger partial charge in [-0.05, 0) is 26.6 Å². The summed E-state index contributed by atoms with van der Waals surface area (Å²) in [6.07, 6.45) is 0.593. The van der Waals surface area contributed by atoms with Crippen molar-refractivity contribution >= 4 is 29.5 Å². The van der Waals surface area contributed by atoms with Gasteiger partial charge in [-0.3, -0.25) is 9.13 Å². The van der Waals surface area contributed by atoms with Gasteiger partial charge in [0.1, 0.15) is 6.10 Å². The number of hydrogen-bond acceptors (Lipinski definition) is 5. The van der Waals surface area contributed by atoms with Gasteiger partial charge in [-0.2, -0.15) is 0 Å². The molecule has 116 valence electrons. The second-order valence-electron chi connectivity index (χ2n) is 6.54. The lowest BCUT2D eigenvalue weighted by molar-refractivity contribution is -0.222. The van der Waals surface area contributed by atoms with E-state index in [1.54, 1.807) is 0 Å². The van der Waals surface area contributed by atoms with Gasteiger partial charge in [0.25, 0.3) is 12.9 Å². The lowest BCUT2D eigenvalue weighted by Gasteiger charge is -2.37. The highest BCUT2D eigenvalue weighted by atomic mass is 31.1. The Labute approximate surface area is 130 Å². The van der Waals surface area contributed by atoms with Crippen LogP contribution in [0.4, 0.5) is 0 Å². The van der Waals surface area contributed by atoms with Crippen LogP contribution in [0.15, 0.2) is 0 Å². The van der Waals surface area contributed by atoms with Crippen molar-refractivity contribution in [2.45, 2.75) is 76.8 Å². The van der Waals surface area contributed by atoms with E-state index in [-0.39, 0.29) is 41.5 Å². The van der Waals surface area contributed by atoms with Gasteiger partial charge in [-0.25, -0.2) is 0 Å². The molecule has 2 saturated heterocycles. The first-order valence-corrected chi connectivity index (χ1v) is 9.23. The molecular formula is C12H22B2O5P2. The summed E-state index contributed by atoms with van der Waals surface area (Å²) in [7, 11) is 0.180. The lowest BCUT2D eigenvalue weighted by Crippen LogP contribution is -2.43. The molecule has 0 aromatic heterocycles. The van der Waals surface area contributed by atoms with Gasteiger partial charge in [-0.1, -0.05) is 20.6 Å². The van der Waals surface area contributed by atoms with Crippen molar-refractivity contribution in [3.8, 4) is 0 Å². The van der Waals surface area contributed by atoms with E-state index in [1.165, 1.54) is 0 Å². The van der Waals surface area contributed by atoms with E-state index in [9.17, 15) is 9.13 Å². The standard InChI is InChI=1S/C12H22B2O5P2/c1-6-12(7-13(4)20-15)9(14(5)21-16)8-10(19-12)18-11(2,3)17-8/h8-10H,6-7H2,1-5H3/t8-,9+,10+,12-/m1/s1. The second-order valence-corrected chi connectivity index (χ2v) is 8.65. The third-order valence-corrected chi connectivity index (χ3v) is 5.70. The Morgan fingerprint density at radius 1 is 1.10 bits per heavy atom. The van der Waals surface area contributed by atoms with Crippen LogP contribution >= 0.6 is 16.7 Å². The fourth-order valence-corrected chi connectivity index (χ4v) is 4.62. The SMILES string of the molecule is CC[C@]1(CB(C)P=O)O[C@@H]2OC(C)(C)O[C@@H]2[C@@H]1B(C)P=O. The lowest BCUT2D eigenvalue weighted by atomic mass is 9.50. The fraction of sp³-hybridized carbons (Fsp3) is 1.00. The van der Waals surface area contributed by atoms with Crippen LogP contribution in [0.2, 0.25) is 25.8 Å². The van der Waals surface area contributed by atoms with Crippen LogP contribution in [-0.2, 0) is 23.3 Å². The van der Waals surface area contributed by atoms with Crippen LogP contribution in [-0.4, -0.2) is 36.6 Å². The average Bonchev–Trinajstić information content (AvgIpc) is 2.86. The molecule has 0 aliphatic carbocycles.